The molecule has 0 saturated carbocycles. The Hall–Kier alpha value is -3.68. The van der Waals surface area contributed by atoms with Crippen LogP contribution in [0.5, 0.6) is 0 Å². The second-order valence-corrected chi connectivity index (χ2v) is 6.79. The van der Waals surface area contributed by atoms with E-state index in [9.17, 15) is 19.2 Å². The third-order valence-electron chi connectivity index (χ3n) is 3.91. The van der Waals surface area contributed by atoms with Crippen LogP contribution in [0.3, 0.4) is 0 Å². The third kappa shape index (κ3) is 7.75. The summed E-state index contributed by atoms with van der Waals surface area (Å²) < 4.78 is 4.78. The molecular formula is C22H25N3O5. The van der Waals surface area contributed by atoms with Gasteiger partial charge in [-0.05, 0) is 37.1 Å². The predicted octanol–water partition coefficient (Wildman–Crippen LogP) is 1.27. The number of benzene rings is 2. The highest BCUT2D eigenvalue weighted by molar-refractivity contribution is 5.96. The van der Waals surface area contributed by atoms with Crippen molar-refractivity contribution in [3.8, 4) is 11.1 Å². The first-order chi connectivity index (χ1) is 14.3. The van der Waals surface area contributed by atoms with Crippen LogP contribution in [0.4, 0.5) is 0 Å². The third-order valence-corrected chi connectivity index (χ3v) is 3.91. The molecule has 0 heterocycles. The Bertz CT molecular complexity index is 879. The molecule has 2 aromatic carbocycles. The molecule has 2 rings (SSSR count). The van der Waals surface area contributed by atoms with Gasteiger partial charge in [-0.3, -0.25) is 19.2 Å². The van der Waals surface area contributed by atoms with Crippen molar-refractivity contribution >= 4 is 23.7 Å². The van der Waals surface area contributed by atoms with Crippen molar-refractivity contribution in [3.05, 3.63) is 60.2 Å². The van der Waals surface area contributed by atoms with E-state index in [1.807, 2.05) is 42.5 Å². The van der Waals surface area contributed by atoms with Crippen LogP contribution in [0.15, 0.2) is 54.6 Å². The summed E-state index contributed by atoms with van der Waals surface area (Å²) in [6.45, 7) is 2.49. The highest BCUT2D eigenvalue weighted by Gasteiger charge is 2.12. The lowest BCUT2D eigenvalue weighted by molar-refractivity contribution is -0.147. The quantitative estimate of drug-likeness (QED) is 0.538. The van der Waals surface area contributed by atoms with Gasteiger partial charge in [0.25, 0.3) is 11.8 Å². The van der Waals surface area contributed by atoms with E-state index in [0.717, 1.165) is 11.1 Å². The Morgan fingerprint density at radius 1 is 0.800 bits per heavy atom. The fraction of sp³-hybridized carbons (Fsp3) is 0.273. The summed E-state index contributed by atoms with van der Waals surface area (Å²) in [7, 11) is 0. The van der Waals surface area contributed by atoms with Crippen LogP contribution in [-0.4, -0.2) is 49.4 Å². The van der Waals surface area contributed by atoms with Gasteiger partial charge in [-0.15, -0.1) is 0 Å². The van der Waals surface area contributed by atoms with Gasteiger partial charge in [0.1, 0.15) is 6.54 Å². The Kier molecular flexibility index (Phi) is 8.56. The van der Waals surface area contributed by atoms with Crippen LogP contribution < -0.4 is 16.0 Å². The summed E-state index contributed by atoms with van der Waals surface area (Å²) in [6, 6.07) is 16.7. The predicted molar refractivity (Wildman–Crippen MR) is 111 cm³/mol. The lowest BCUT2D eigenvalue weighted by Crippen LogP contribution is -2.41. The zero-order valence-corrected chi connectivity index (χ0v) is 16.9. The molecule has 0 saturated heterocycles. The fourth-order valence-corrected chi connectivity index (χ4v) is 2.50. The maximum absolute atomic E-state index is 12.2. The Morgan fingerprint density at radius 3 is 2.07 bits per heavy atom. The average molecular weight is 411 g/mol. The van der Waals surface area contributed by atoms with Crippen molar-refractivity contribution in [3.63, 3.8) is 0 Å². The molecule has 0 aliphatic heterocycles. The molecule has 8 heteroatoms. The molecule has 3 amide bonds. The minimum absolute atomic E-state index is 0.0367. The van der Waals surface area contributed by atoms with Gasteiger partial charge in [-0.2, -0.15) is 0 Å². The van der Waals surface area contributed by atoms with Gasteiger partial charge >= 0.3 is 5.97 Å². The SMILES string of the molecule is CC(C)NC(=O)CNC(=O)COC(=O)CNC(=O)c1ccc(-c2ccccc2)cc1. The van der Waals surface area contributed by atoms with Gasteiger partial charge in [0.2, 0.25) is 5.91 Å². The molecule has 8 nitrogen and oxygen atoms in total. The van der Waals surface area contributed by atoms with Crippen molar-refractivity contribution in [1.29, 1.82) is 0 Å². The lowest BCUT2D eigenvalue weighted by atomic mass is 10.0. The molecular weight excluding hydrogens is 386 g/mol. The minimum atomic E-state index is -0.758. The molecule has 0 aliphatic carbocycles. The first-order valence-electron chi connectivity index (χ1n) is 9.50. The number of hydrogen-bond donors (Lipinski definition) is 3. The highest BCUT2D eigenvalue weighted by Crippen LogP contribution is 2.19. The van der Waals surface area contributed by atoms with Crippen LogP contribution in [0.25, 0.3) is 11.1 Å². The van der Waals surface area contributed by atoms with Crippen LogP contribution in [0.2, 0.25) is 0 Å². The molecule has 0 bridgehead atoms. The van der Waals surface area contributed by atoms with Gasteiger partial charge in [0, 0.05) is 11.6 Å². The summed E-state index contributed by atoms with van der Waals surface area (Å²) in [4.78, 5) is 46.9. The zero-order chi connectivity index (χ0) is 21.9. The number of ether oxygens (including phenoxy) is 1. The summed E-state index contributed by atoms with van der Waals surface area (Å²) in [5.74, 6) is -2.13. The molecule has 2 aromatic rings. The summed E-state index contributed by atoms with van der Waals surface area (Å²) in [5, 5.41) is 7.40. The fourth-order valence-electron chi connectivity index (χ4n) is 2.50. The van der Waals surface area contributed by atoms with E-state index in [1.165, 1.54) is 0 Å². The van der Waals surface area contributed by atoms with Crippen molar-refractivity contribution in [2.45, 2.75) is 19.9 Å². The molecule has 0 aromatic heterocycles. The van der Waals surface area contributed by atoms with E-state index in [-0.39, 0.29) is 25.0 Å². The smallest absolute Gasteiger partial charge is 0.325 e. The molecule has 0 fully saturated rings. The summed E-state index contributed by atoms with van der Waals surface area (Å²) >= 11 is 0. The van der Waals surface area contributed by atoms with Crippen molar-refractivity contribution in [2.75, 3.05) is 19.7 Å². The molecule has 0 unspecified atom stereocenters. The number of carbonyl (C=O) groups excluding carboxylic acids is 4. The van der Waals surface area contributed by atoms with E-state index in [2.05, 4.69) is 16.0 Å². The second kappa shape index (κ2) is 11.4. The Morgan fingerprint density at radius 2 is 1.43 bits per heavy atom. The number of rotatable bonds is 9. The first kappa shape index (κ1) is 22.6. The molecule has 158 valence electrons. The number of nitrogens with one attached hydrogen (secondary N) is 3. The molecule has 0 radical (unpaired) electrons. The maximum Gasteiger partial charge on any atom is 0.325 e. The second-order valence-electron chi connectivity index (χ2n) is 6.79. The summed E-state index contributed by atoms with van der Waals surface area (Å²) in [5.41, 5.74) is 2.41. The largest absolute Gasteiger partial charge is 0.454 e. The van der Waals surface area contributed by atoms with Crippen molar-refractivity contribution < 1.29 is 23.9 Å². The van der Waals surface area contributed by atoms with Gasteiger partial charge in [-0.1, -0.05) is 42.5 Å². The van der Waals surface area contributed by atoms with E-state index >= 15 is 0 Å². The monoisotopic (exact) mass is 411 g/mol. The molecule has 0 aliphatic rings. The molecule has 3 N–H and O–H groups in total. The van der Waals surface area contributed by atoms with Crippen LogP contribution >= 0.6 is 0 Å². The van der Waals surface area contributed by atoms with Crippen molar-refractivity contribution in [2.24, 2.45) is 0 Å². The minimum Gasteiger partial charge on any atom is -0.454 e. The normalized spacial score (nSPS) is 10.2. The van der Waals surface area contributed by atoms with Crippen molar-refractivity contribution in [1.82, 2.24) is 16.0 Å². The molecule has 30 heavy (non-hydrogen) atoms. The Balaban J connectivity index is 1.71. The van der Waals surface area contributed by atoms with Crippen LogP contribution in [-0.2, 0) is 19.1 Å². The average Bonchev–Trinajstić information content (AvgIpc) is 2.74. The van der Waals surface area contributed by atoms with Gasteiger partial charge in [0.15, 0.2) is 6.61 Å². The van der Waals surface area contributed by atoms with E-state index in [0.29, 0.717) is 5.56 Å². The van der Waals surface area contributed by atoms with Gasteiger partial charge < -0.3 is 20.7 Å². The molecule has 0 atom stereocenters. The highest BCUT2D eigenvalue weighted by atomic mass is 16.5. The topological polar surface area (TPSA) is 114 Å². The Labute approximate surface area is 175 Å². The zero-order valence-electron chi connectivity index (χ0n) is 16.9. The van der Waals surface area contributed by atoms with Crippen LogP contribution in [0.1, 0.15) is 24.2 Å². The number of hydrogen-bond acceptors (Lipinski definition) is 5. The van der Waals surface area contributed by atoms with E-state index < -0.39 is 24.4 Å². The lowest BCUT2D eigenvalue weighted by Gasteiger charge is -2.10. The molecule has 0 spiro atoms. The number of esters is 1. The van der Waals surface area contributed by atoms with Gasteiger partial charge in [-0.25, -0.2) is 0 Å². The first-order valence-corrected chi connectivity index (χ1v) is 9.50. The van der Waals surface area contributed by atoms with Gasteiger partial charge in [0.05, 0.1) is 6.54 Å². The van der Waals surface area contributed by atoms with Crippen LogP contribution in [0, 0.1) is 0 Å². The summed E-state index contributed by atoms with van der Waals surface area (Å²) in [6.07, 6.45) is 0. The number of amides is 3. The van der Waals surface area contributed by atoms with E-state index in [4.69, 9.17) is 4.74 Å². The standard InChI is InChI=1S/C22H25N3O5/c1-15(2)25-19(26)12-23-20(27)14-30-21(28)13-24-22(29)18-10-8-17(9-11-18)16-6-4-3-5-7-16/h3-11,15H,12-14H2,1-2H3,(H,23,27)(H,24,29)(H,25,26). The van der Waals surface area contributed by atoms with E-state index in [1.54, 1.807) is 26.0 Å². The maximum atomic E-state index is 12.2. The number of carbonyl (C=O) groups is 4.